The van der Waals surface area contributed by atoms with E-state index in [4.69, 9.17) is 0 Å². The third-order valence-electron chi connectivity index (χ3n) is 1.39. The van der Waals surface area contributed by atoms with Gasteiger partial charge in [-0.1, -0.05) is 13.8 Å². The highest BCUT2D eigenvalue weighted by Crippen LogP contribution is 2.05. The van der Waals surface area contributed by atoms with Crippen molar-refractivity contribution in [1.29, 1.82) is 0 Å². The van der Waals surface area contributed by atoms with Crippen LogP contribution in [0.4, 0.5) is 0 Å². The SMILES string of the molecule is C1=CN2CCN=C2N=C1.CC. The van der Waals surface area contributed by atoms with Gasteiger partial charge in [-0.25, -0.2) is 9.98 Å². The molecule has 0 fully saturated rings. The lowest BCUT2D eigenvalue weighted by atomic mass is 10.5. The van der Waals surface area contributed by atoms with Crippen molar-refractivity contribution < 1.29 is 0 Å². The maximum absolute atomic E-state index is 4.15. The van der Waals surface area contributed by atoms with Gasteiger partial charge in [-0.05, 0) is 6.08 Å². The highest BCUT2D eigenvalue weighted by Gasteiger charge is 2.13. The summed E-state index contributed by atoms with van der Waals surface area (Å²) in [7, 11) is 0. The molecular formula is C8H13N3. The summed E-state index contributed by atoms with van der Waals surface area (Å²) in [6, 6.07) is 0. The number of guanidine groups is 1. The minimum Gasteiger partial charge on any atom is -0.316 e. The van der Waals surface area contributed by atoms with Gasteiger partial charge in [0.05, 0.1) is 6.54 Å². The summed E-state index contributed by atoms with van der Waals surface area (Å²) in [6.45, 7) is 5.88. The second-order valence-electron chi connectivity index (χ2n) is 1.99. The van der Waals surface area contributed by atoms with Gasteiger partial charge in [-0.3, -0.25) is 0 Å². The number of rotatable bonds is 0. The van der Waals surface area contributed by atoms with E-state index in [1.165, 1.54) is 0 Å². The summed E-state index contributed by atoms with van der Waals surface area (Å²) in [5, 5.41) is 0. The summed E-state index contributed by atoms with van der Waals surface area (Å²) in [5.41, 5.74) is 0. The lowest BCUT2D eigenvalue weighted by Crippen LogP contribution is -2.21. The molecule has 0 aromatic carbocycles. The Kier molecular flexibility index (Phi) is 2.83. The summed E-state index contributed by atoms with van der Waals surface area (Å²) in [6.07, 6.45) is 5.68. The van der Waals surface area contributed by atoms with Crippen LogP contribution in [-0.2, 0) is 0 Å². The van der Waals surface area contributed by atoms with E-state index in [0.29, 0.717) is 0 Å². The Labute approximate surface area is 67.1 Å². The van der Waals surface area contributed by atoms with Crippen molar-refractivity contribution in [2.24, 2.45) is 9.98 Å². The van der Waals surface area contributed by atoms with Crippen LogP contribution in [-0.4, -0.2) is 30.2 Å². The van der Waals surface area contributed by atoms with Crippen LogP contribution in [0, 0.1) is 0 Å². The van der Waals surface area contributed by atoms with E-state index in [1.807, 2.05) is 31.0 Å². The highest BCUT2D eigenvalue weighted by atomic mass is 15.3. The van der Waals surface area contributed by atoms with Crippen molar-refractivity contribution in [2.75, 3.05) is 13.1 Å². The van der Waals surface area contributed by atoms with E-state index < -0.39 is 0 Å². The fraction of sp³-hybridized carbons (Fsp3) is 0.500. The first kappa shape index (κ1) is 7.98. The average molecular weight is 151 g/mol. The second kappa shape index (κ2) is 3.91. The van der Waals surface area contributed by atoms with E-state index in [0.717, 1.165) is 19.0 Å². The first-order valence-electron chi connectivity index (χ1n) is 3.99. The third-order valence-corrected chi connectivity index (χ3v) is 1.39. The molecule has 0 radical (unpaired) electrons. The Hall–Kier alpha value is -1.12. The smallest absolute Gasteiger partial charge is 0.224 e. The summed E-state index contributed by atoms with van der Waals surface area (Å²) in [5.74, 6) is 0.859. The Morgan fingerprint density at radius 3 is 3.00 bits per heavy atom. The molecule has 11 heavy (non-hydrogen) atoms. The summed E-state index contributed by atoms with van der Waals surface area (Å²) in [4.78, 5) is 10.2. The fourth-order valence-corrected chi connectivity index (χ4v) is 0.957. The van der Waals surface area contributed by atoms with E-state index in [9.17, 15) is 0 Å². The van der Waals surface area contributed by atoms with Gasteiger partial charge in [-0.2, -0.15) is 0 Å². The molecule has 0 spiro atoms. The van der Waals surface area contributed by atoms with Gasteiger partial charge in [0.25, 0.3) is 0 Å². The van der Waals surface area contributed by atoms with Crippen LogP contribution in [0.15, 0.2) is 22.3 Å². The van der Waals surface area contributed by atoms with Crippen molar-refractivity contribution >= 4 is 12.2 Å². The van der Waals surface area contributed by atoms with Gasteiger partial charge in [0, 0.05) is 19.0 Å². The number of hydrogen-bond acceptors (Lipinski definition) is 3. The van der Waals surface area contributed by atoms with Crippen LogP contribution in [0.3, 0.4) is 0 Å². The lowest BCUT2D eigenvalue weighted by Gasteiger charge is -2.12. The molecule has 60 valence electrons. The first-order chi connectivity index (χ1) is 5.47. The Morgan fingerprint density at radius 2 is 2.27 bits per heavy atom. The predicted molar refractivity (Wildman–Crippen MR) is 48.0 cm³/mol. The molecule has 0 aromatic heterocycles. The molecule has 0 saturated heterocycles. The van der Waals surface area contributed by atoms with Crippen molar-refractivity contribution in [2.45, 2.75) is 13.8 Å². The summed E-state index contributed by atoms with van der Waals surface area (Å²) >= 11 is 0. The van der Waals surface area contributed by atoms with Crippen molar-refractivity contribution in [3.05, 3.63) is 12.3 Å². The maximum atomic E-state index is 4.15. The molecule has 2 aliphatic rings. The second-order valence-corrected chi connectivity index (χ2v) is 1.99. The van der Waals surface area contributed by atoms with Crippen molar-refractivity contribution in [1.82, 2.24) is 4.90 Å². The molecule has 2 aliphatic heterocycles. The van der Waals surface area contributed by atoms with Crippen LogP contribution in [0.2, 0.25) is 0 Å². The molecule has 2 heterocycles. The third kappa shape index (κ3) is 1.67. The Balaban J connectivity index is 0.000000281. The van der Waals surface area contributed by atoms with Crippen LogP contribution >= 0.6 is 0 Å². The normalized spacial score (nSPS) is 18.7. The molecule has 3 heteroatoms. The lowest BCUT2D eigenvalue weighted by molar-refractivity contribution is 0.604. The molecule has 0 saturated carbocycles. The van der Waals surface area contributed by atoms with Gasteiger partial charge in [0.15, 0.2) is 0 Å². The topological polar surface area (TPSA) is 28.0 Å². The number of fused-ring (bicyclic) bond motifs is 1. The van der Waals surface area contributed by atoms with Gasteiger partial charge in [0.2, 0.25) is 5.96 Å². The quantitative estimate of drug-likeness (QED) is 0.512. The molecule has 3 nitrogen and oxygen atoms in total. The molecule has 0 bridgehead atoms. The van der Waals surface area contributed by atoms with Gasteiger partial charge in [0.1, 0.15) is 0 Å². The highest BCUT2D eigenvalue weighted by molar-refractivity contribution is 5.94. The van der Waals surface area contributed by atoms with Gasteiger partial charge < -0.3 is 4.90 Å². The molecule has 0 atom stereocenters. The minimum absolute atomic E-state index is 0.859. The average Bonchev–Trinajstić information content (AvgIpc) is 2.55. The van der Waals surface area contributed by atoms with Crippen LogP contribution < -0.4 is 0 Å². The maximum Gasteiger partial charge on any atom is 0.224 e. The molecule has 0 aliphatic carbocycles. The van der Waals surface area contributed by atoms with Crippen LogP contribution in [0.1, 0.15) is 13.8 Å². The van der Waals surface area contributed by atoms with Crippen molar-refractivity contribution in [3.8, 4) is 0 Å². The van der Waals surface area contributed by atoms with Gasteiger partial charge >= 0.3 is 0 Å². The fourth-order valence-electron chi connectivity index (χ4n) is 0.957. The summed E-state index contributed by atoms with van der Waals surface area (Å²) < 4.78 is 0. The zero-order valence-corrected chi connectivity index (χ0v) is 6.99. The van der Waals surface area contributed by atoms with E-state index in [-0.39, 0.29) is 0 Å². The van der Waals surface area contributed by atoms with E-state index in [2.05, 4.69) is 9.98 Å². The number of aliphatic imine (C=N–C) groups is 2. The number of hydrogen-bond donors (Lipinski definition) is 0. The predicted octanol–water partition coefficient (Wildman–Crippen LogP) is 1.28. The van der Waals surface area contributed by atoms with Crippen molar-refractivity contribution in [3.63, 3.8) is 0 Å². The molecule has 0 aromatic rings. The molecule has 2 rings (SSSR count). The monoisotopic (exact) mass is 151 g/mol. The zero-order valence-electron chi connectivity index (χ0n) is 6.99. The van der Waals surface area contributed by atoms with Gasteiger partial charge in [-0.15, -0.1) is 0 Å². The van der Waals surface area contributed by atoms with Crippen LogP contribution in [0.5, 0.6) is 0 Å². The largest absolute Gasteiger partial charge is 0.316 e. The molecule has 0 unspecified atom stereocenters. The minimum atomic E-state index is 0.859. The molecule has 0 N–H and O–H groups in total. The van der Waals surface area contributed by atoms with E-state index >= 15 is 0 Å². The van der Waals surface area contributed by atoms with E-state index in [1.54, 1.807) is 6.21 Å². The number of nitrogens with zero attached hydrogens (tertiary/aromatic N) is 3. The molecule has 0 amide bonds. The molecular weight excluding hydrogens is 138 g/mol. The zero-order chi connectivity index (χ0) is 8.10. The Morgan fingerprint density at radius 1 is 1.45 bits per heavy atom. The number of allylic oxidation sites excluding steroid dienone is 1. The Bertz CT molecular complexity index is 201. The van der Waals surface area contributed by atoms with Crippen LogP contribution in [0.25, 0.3) is 0 Å². The standard InChI is InChI=1S/C6H7N3.C2H6/c1-2-7-6-8-3-5-9(6)4-1;1-2/h1-2,4H,3,5H2;1-2H3. The first-order valence-corrected chi connectivity index (χ1v) is 3.99.